The Morgan fingerprint density at radius 2 is 1.53 bits per heavy atom. The highest BCUT2D eigenvalue weighted by atomic mass is 79.9. The number of carbonyl (C=O) groups is 1. The zero-order valence-corrected chi connectivity index (χ0v) is 34.6. The zero-order valence-electron chi connectivity index (χ0n) is 29.6. The SMILES string of the molecule is CC(C)(C)[Si](OC1CC(O)CC(C(=O)N2CCC([C@H]3c4ncc(Br)cc4CCc4cc(Cl)cc(Br)c43)CC2)C1)(c1ccccc1)c1ccccc1. The summed E-state index contributed by atoms with van der Waals surface area (Å²) in [5.41, 5.74) is 4.98. The number of piperidine rings is 1. The lowest BCUT2D eigenvalue weighted by atomic mass is 9.76. The lowest BCUT2D eigenvalue weighted by Crippen LogP contribution is -2.68. The second kappa shape index (κ2) is 15.2. The molecule has 1 saturated carbocycles. The molecule has 3 aliphatic rings. The van der Waals surface area contributed by atoms with Crippen LogP contribution in [0.4, 0.5) is 0 Å². The molecule has 268 valence electrons. The lowest BCUT2D eigenvalue weighted by molar-refractivity contribution is -0.141. The van der Waals surface area contributed by atoms with Crippen LogP contribution >= 0.6 is 43.5 Å². The van der Waals surface area contributed by atoms with E-state index in [1.165, 1.54) is 27.1 Å². The molecular formula is C42H47Br2ClN2O3Si. The third-order valence-electron chi connectivity index (χ3n) is 11.5. The second-order valence-electron chi connectivity index (χ2n) is 15.8. The molecule has 0 radical (unpaired) electrons. The summed E-state index contributed by atoms with van der Waals surface area (Å²) in [6.07, 6.45) is 6.36. The van der Waals surface area contributed by atoms with Crippen LogP contribution in [0.2, 0.25) is 10.1 Å². The Labute approximate surface area is 325 Å². The second-order valence-corrected chi connectivity index (χ2v) is 22.2. The summed E-state index contributed by atoms with van der Waals surface area (Å²) in [5.74, 6) is 0.331. The highest BCUT2D eigenvalue weighted by Gasteiger charge is 2.52. The van der Waals surface area contributed by atoms with Crippen molar-refractivity contribution in [1.29, 1.82) is 0 Å². The third kappa shape index (κ3) is 7.43. The van der Waals surface area contributed by atoms with Crippen LogP contribution in [0.15, 0.2) is 94.0 Å². The normalized spacial score (nSPS) is 22.9. The van der Waals surface area contributed by atoms with Crippen molar-refractivity contribution in [2.75, 3.05) is 13.1 Å². The summed E-state index contributed by atoms with van der Waals surface area (Å²) in [4.78, 5) is 21.4. The van der Waals surface area contributed by atoms with Crippen LogP contribution < -0.4 is 10.4 Å². The van der Waals surface area contributed by atoms with Gasteiger partial charge in [0.2, 0.25) is 5.91 Å². The molecule has 1 aromatic heterocycles. The number of amides is 1. The van der Waals surface area contributed by atoms with E-state index in [-0.39, 0.29) is 28.9 Å². The first-order valence-electron chi connectivity index (χ1n) is 18.3. The average molecular weight is 851 g/mol. The predicted octanol–water partition coefficient (Wildman–Crippen LogP) is 8.84. The molecule has 7 rings (SSSR count). The van der Waals surface area contributed by atoms with Crippen molar-refractivity contribution in [3.8, 4) is 0 Å². The zero-order chi connectivity index (χ0) is 35.9. The van der Waals surface area contributed by atoms with Gasteiger partial charge in [0.1, 0.15) is 0 Å². The van der Waals surface area contributed by atoms with Gasteiger partial charge in [-0.1, -0.05) is 109 Å². The first kappa shape index (κ1) is 37.0. The van der Waals surface area contributed by atoms with Crippen LogP contribution in [-0.4, -0.2) is 54.5 Å². The van der Waals surface area contributed by atoms with Crippen LogP contribution in [0.1, 0.15) is 81.2 Å². The van der Waals surface area contributed by atoms with Crippen LogP contribution in [0, 0.1) is 11.8 Å². The van der Waals surface area contributed by atoms with E-state index in [1.807, 2.05) is 12.3 Å². The van der Waals surface area contributed by atoms with Crippen LogP contribution in [0.25, 0.3) is 0 Å². The Morgan fingerprint density at radius 3 is 2.16 bits per heavy atom. The number of aryl methyl sites for hydroxylation is 2. The van der Waals surface area contributed by atoms with E-state index in [9.17, 15) is 9.90 Å². The topological polar surface area (TPSA) is 62.7 Å². The highest BCUT2D eigenvalue weighted by Crippen LogP contribution is 2.47. The fraction of sp³-hybridized carbons (Fsp3) is 0.429. The first-order valence-corrected chi connectivity index (χ1v) is 22.2. The number of halogens is 3. The summed E-state index contributed by atoms with van der Waals surface area (Å²) in [7, 11) is -2.83. The molecule has 1 amide bonds. The van der Waals surface area contributed by atoms with Gasteiger partial charge >= 0.3 is 0 Å². The van der Waals surface area contributed by atoms with E-state index in [1.54, 1.807) is 0 Å². The van der Waals surface area contributed by atoms with Crippen molar-refractivity contribution in [2.24, 2.45) is 11.8 Å². The van der Waals surface area contributed by atoms with Crippen molar-refractivity contribution in [3.05, 3.63) is 121 Å². The molecule has 5 nitrogen and oxygen atoms in total. The molecule has 2 aliphatic carbocycles. The average Bonchev–Trinajstić information content (AvgIpc) is 3.27. The molecule has 1 aliphatic heterocycles. The van der Waals surface area contributed by atoms with Gasteiger partial charge in [0.05, 0.1) is 11.8 Å². The Hall–Kier alpha value is -2.33. The van der Waals surface area contributed by atoms with Crippen molar-refractivity contribution in [2.45, 2.75) is 88.9 Å². The fourth-order valence-corrected chi connectivity index (χ4v) is 15.4. The van der Waals surface area contributed by atoms with Gasteiger partial charge < -0.3 is 14.4 Å². The summed E-state index contributed by atoms with van der Waals surface area (Å²) in [6.45, 7) is 8.21. The molecule has 1 N–H and O–H groups in total. The highest BCUT2D eigenvalue weighted by molar-refractivity contribution is 9.10. The van der Waals surface area contributed by atoms with E-state index in [2.05, 4.69) is 130 Å². The summed E-state index contributed by atoms with van der Waals surface area (Å²) in [6, 6.07) is 27.6. The van der Waals surface area contributed by atoms with E-state index < -0.39 is 14.4 Å². The summed E-state index contributed by atoms with van der Waals surface area (Å²) >= 11 is 14.1. The monoisotopic (exact) mass is 848 g/mol. The molecule has 2 heterocycles. The standard InChI is InChI=1S/C42H47Br2ClN2O3Si/c1-42(2,3)51(35-10-6-4-7-11-35,36-12-8-5-9-13-36)50-34-23-30(22-33(48)25-34)41(49)47-18-16-27(17-19-47)39-38-28(21-32(45)24-37(38)44)14-15-29-20-31(43)26-46-40(29)39/h4-13,20-21,24,26-27,30,33-34,39,48H,14-19,22-23,25H2,1-3H3/t30?,33?,34?,39-/m1/s1. The maximum absolute atomic E-state index is 14.3. The Balaban J connectivity index is 1.11. The van der Waals surface area contributed by atoms with Crippen molar-refractivity contribution >= 4 is 68.1 Å². The predicted molar refractivity (Wildman–Crippen MR) is 215 cm³/mol. The molecule has 4 atom stereocenters. The number of pyridine rings is 1. The number of fused-ring (bicyclic) bond motifs is 2. The number of hydrogen-bond acceptors (Lipinski definition) is 4. The number of aromatic nitrogens is 1. The van der Waals surface area contributed by atoms with Gasteiger partial charge in [0, 0.05) is 51.2 Å². The molecule has 4 aromatic rings. The molecule has 1 saturated heterocycles. The number of likely N-dealkylation sites (tertiary alicyclic amines) is 1. The molecule has 0 bridgehead atoms. The third-order valence-corrected chi connectivity index (χ3v) is 17.9. The molecule has 3 aromatic carbocycles. The summed E-state index contributed by atoms with van der Waals surface area (Å²) in [5, 5.41) is 14.3. The van der Waals surface area contributed by atoms with E-state index in [4.69, 9.17) is 21.0 Å². The number of carbonyl (C=O) groups excluding carboxylic acids is 1. The molecule has 3 unspecified atom stereocenters. The Bertz CT molecular complexity index is 1820. The quantitative estimate of drug-likeness (QED) is 0.197. The van der Waals surface area contributed by atoms with Crippen molar-refractivity contribution in [3.63, 3.8) is 0 Å². The maximum Gasteiger partial charge on any atom is 0.261 e. The van der Waals surface area contributed by atoms with Crippen molar-refractivity contribution in [1.82, 2.24) is 9.88 Å². The largest absolute Gasteiger partial charge is 0.404 e. The number of aliphatic hydroxyl groups excluding tert-OH is 1. The molecule has 9 heteroatoms. The number of benzene rings is 3. The van der Waals surface area contributed by atoms with E-state index in [0.29, 0.717) is 38.3 Å². The maximum atomic E-state index is 14.3. The van der Waals surface area contributed by atoms with Crippen molar-refractivity contribution < 1.29 is 14.3 Å². The molecular weight excluding hydrogens is 804 g/mol. The first-order chi connectivity index (χ1) is 24.4. The van der Waals surface area contributed by atoms with E-state index in [0.717, 1.165) is 45.3 Å². The van der Waals surface area contributed by atoms with Crippen LogP contribution in [0.3, 0.4) is 0 Å². The number of aliphatic hydroxyl groups is 1. The smallest absolute Gasteiger partial charge is 0.261 e. The van der Waals surface area contributed by atoms with Gasteiger partial charge in [-0.25, -0.2) is 0 Å². The van der Waals surface area contributed by atoms with Gasteiger partial charge in [-0.15, -0.1) is 0 Å². The minimum atomic E-state index is -2.83. The fourth-order valence-electron chi connectivity index (χ4n) is 9.22. The van der Waals surface area contributed by atoms with Gasteiger partial charge in [0.15, 0.2) is 0 Å². The number of hydrogen-bond donors (Lipinski definition) is 1. The van der Waals surface area contributed by atoms with Crippen LogP contribution in [-0.2, 0) is 22.1 Å². The molecule has 2 fully saturated rings. The number of nitrogens with zero attached hydrogens (tertiary/aromatic N) is 2. The minimum Gasteiger partial charge on any atom is -0.404 e. The molecule has 0 spiro atoms. The van der Waals surface area contributed by atoms with Gasteiger partial charge in [-0.2, -0.15) is 0 Å². The Kier molecular flexibility index (Phi) is 11.0. The van der Waals surface area contributed by atoms with Gasteiger partial charge in [0.25, 0.3) is 8.32 Å². The Morgan fingerprint density at radius 1 is 0.902 bits per heavy atom. The minimum absolute atomic E-state index is 0.121. The number of rotatable bonds is 6. The van der Waals surface area contributed by atoms with Crippen LogP contribution in [0.5, 0.6) is 0 Å². The lowest BCUT2D eigenvalue weighted by Gasteiger charge is -2.47. The van der Waals surface area contributed by atoms with Gasteiger partial charge in [-0.3, -0.25) is 9.78 Å². The van der Waals surface area contributed by atoms with E-state index >= 15 is 0 Å². The van der Waals surface area contributed by atoms with Gasteiger partial charge in [-0.05, 0) is 117 Å². The molecule has 51 heavy (non-hydrogen) atoms. The summed E-state index contributed by atoms with van der Waals surface area (Å²) < 4.78 is 9.47.